The molecule has 0 aromatic heterocycles. The first-order chi connectivity index (χ1) is 3.93. The summed E-state index contributed by atoms with van der Waals surface area (Å²) >= 11 is 0. The molecule has 0 aliphatic rings. The van der Waals surface area contributed by atoms with Gasteiger partial charge in [0.1, 0.15) is 0 Å². The van der Waals surface area contributed by atoms with E-state index in [1.807, 2.05) is 36.4 Å². The molecule has 9 heavy (non-hydrogen) atoms. The maximum atomic E-state index is 3.63. The molecule has 0 saturated carbocycles. The van der Waals surface area contributed by atoms with Gasteiger partial charge in [-0.15, -0.1) is 0 Å². The molecular formula is C8H8Li. The summed E-state index contributed by atoms with van der Waals surface area (Å²) in [5, 5.41) is 0. The third kappa shape index (κ3) is 2.56. The van der Waals surface area contributed by atoms with Gasteiger partial charge < -0.3 is 0 Å². The molecule has 0 aliphatic heterocycles. The summed E-state index contributed by atoms with van der Waals surface area (Å²) in [7, 11) is 0. The Bertz CT molecular complexity index is 167. The van der Waals surface area contributed by atoms with Crippen molar-refractivity contribution >= 4 is 24.9 Å². The van der Waals surface area contributed by atoms with E-state index in [0.717, 1.165) is 0 Å². The van der Waals surface area contributed by atoms with Gasteiger partial charge in [0, 0.05) is 18.9 Å². The second kappa shape index (κ2) is 4.44. The third-order valence-electron chi connectivity index (χ3n) is 1.04. The van der Waals surface area contributed by atoms with Gasteiger partial charge >= 0.3 is 0 Å². The van der Waals surface area contributed by atoms with Crippen molar-refractivity contribution < 1.29 is 0 Å². The zero-order valence-electron chi connectivity index (χ0n) is 5.67. The summed E-state index contributed by atoms with van der Waals surface area (Å²) in [6, 6.07) is 10.0. The van der Waals surface area contributed by atoms with Crippen LogP contribution < -0.4 is 0 Å². The minimum atomic E-state index is 0. The molecule has 1 heteroatoms. The van der Waals surface area contributed by atoms with Crippen LogP contribution in [0.2, 0.25) is 0 Å². The summed E-state index contributed by atoms with van der Waals surface area (Å²) < 4.78 is 0. The van der Waals surface area contributed by atoms with Crippen LogP contribution >= 0.6 is 0 Å². The monoisotopic (exact) mass is 111 g/mol. The zero-order chi connectivity index (χ0) is 5.82. The number of hydrogen-bond donors (Lipinski definition) is 0. The SMILES string of the molecule is C=Cc1ccccc1.[Li]. The fraction of sp³-hybridized carbons (Fsp3) is 0. The summed E-state index contributed by atoms with van der Waals surface area (Å²) in [5.41, 5.74) is 1.17. The first-order valence-corrected chi connectivity index (χ1v) is 2.61. The molecule has 0 fully saturated rings. The number of hydrogen-bond acceptors (Lipinski definition) is 0. The van der Waals surface area contributed by atoms with Gasteiger partial charge in [-0.25, -0.2) is 0 Å². The normalized spacial score (nSPS) is 7.56. The average Bonchev–Trinajstić information content (AvgIpc) is 1.90. The van der Waals surface area contributed by atoms with Crippen LogP contribution in [0.25, 0.3) is 6.08 Å². The van der Waals surface area contributed by atoms with Crippen LogP contribution in [0, 0.1) is 0 Å². The van der Waals surface area contributed by atoms with Crippen LogP contribution in [0.1, 0.15) is 5.56 Å². The van der Waals surface area contributed by atoms with Crippen LogP contribution in [0.15, 0.2) is 36.9 Å². The van der Waals surface area contributed by atoms with Gasteiger partial charge in [0.15, 0.2) is 0 Å². The Hall–Kier alpha value is -0.443. The average molecular weight is 111 g/mol. The first-order valence-electron chi connectivity index (χ1n) is 2.61. The fourth-order valence-electron chi connectivity index (χ4n) is 0.589. The van der Waals surface area contributed by atoms with Crippen molar-refractivity contribution in [3.63, 3.8) is 0 Å². The minimum Gasteiger partial charge on any atom is -0.0985 e. The Morgan fingerprint density at radius 1 is 1.11 bits per heavy atom. The second-order valence-corrected chi connectivity index (χ2v) is 1.61. The fourth-order valence-corrected chi connectivity index (χ4v) is 0.589. The molecule has 0 saturated heterocycles. The van der Waals surface area contributed by atoms with Crippen molar-refractivity contribution in [1.29, 1.82) is 0 Å². The molecule has 0 nitrogen and oxygen atoms in total. The third-order valence-corrected chi connectivity index (χ3v) is 1.04. The summed E-state index contributed by atoms with van der Waals surface area (Å²) in [5.74, 6) is 0. The van der Waals surface area contributed by atoms with E-state index in [0.29, 0.717) is 0 Å². The van der Waals surface area contributed by atoms with Gasteiger partial charge in [0.2, 0.25) is 0 Å². The molecule has 1 radical (unpaired) electrons. The van der Waals surface area contributed by atoms with Crippen molar-refractivity contribution in [3.8, 4) is 0 Å². The van der Waals surface area contributed by atoms with E-state index < -0.39 is 0 Å². The van der Waals surface area contributed by atoms with E-state index in [9.17, 15) is 0 Å². The van der Waals surface area contributed by atoms with Crippen molar-refractivity contribution in [1.82, 2.24) is 0 Å². The molecule has 0 unspecified atom stereocenters. The Labute approximate surface area is 67.8 Å². The van der Waals surface area contributed by atoms with E-state index in [4.69, 9.17) is 0 Å². The maximum Gasteiger partial charge on any atom is 0 e. The van der Waals surface area contributed by atoms with Crippen LogP contribution in [0.5, 0.6) is 0 Å². The molecular weight excluding hydrogens is 103 g/mol. The Kier molecular flexibility index (Phi) is 4.22. The predicted molar refractivity (Wildman–Crippen MR) is 42.3 cm³/mol. The number of rotatable bonds is 1. The molecule has 0 atom stereocenters. The minimum absolute atomic E-state index is 0. The molecule has 1 rings (SSSR count). The van der Waals surface area contributed by atoms with Gasteiger partial charge in [0.05, 0.1) is 0 Å². The molecule has 0 aliphatic carbocycles. The van der Waals surface area contributed by atoms with E-state index in [1.54, 1.807) is 0 Å². The van der Waals surface area contributed by atoms with Crippen LogP contribution in [-0.2, 0) is 0 Å². The van der Waals surface area contributed by atoms with Gasteiger partial charge in [-0.2, -0.15) is 0 Å². The van der Waals surface area contributed by atoms with Crippen LogP contribution in [0.4, 0.5) is 0 Å². The van der Waals surface area contributed by atoms with Crippen molar-refractivity contribution in [2.45, 2.75) is 0 Å². The molecule has 0 N–H and O–H groups in total. The van der Waals surface area contributed by atoms with E-state index in [2.05, 4.69) is 6.58 Å². The Balaban J connectivity index is 0.000000640. The molecule has 0 spiro atoms. The largest absolute Gasteiger partial charge is 0.0985 e. The van der Waals surface area contributed by atoms with E-state index >= 15 is 0 Å². The van der Waals surface area contributed by atoms with Gasteiger partial charge in [-0.05, 0) is 5.56 Å². The van der Waals surface area contributed by atoms with Crippen molar-refractivity contribution in [2.75, 3.05) is 0 Å². The standard InChI is InChI=1S/C8H8.Li/c1-2-8-6-4-3-5-7-8;/h2-7H,1H2;. The zero-order valence-corrected chi connectivity index (χ0v) is 5.67. The van der Waals surface area contributed by atoms with Crippen LogP contribution in [0.3, 0.4) is 0 Å². The van der Waals surface area contributed by atoms with Gasteiger partial charge in [-0.1, -0.05) is 43.0 Å². The molecule has 0 heterocycles. The van der Waals surface area contributed by atoms with Gasteiger partial charge in [-0.3, -0.25) is 0 Å². The summed E-state index contributed by atoms with van der Waals surface area (Å²) in [6.45, 7) is 3.63. The second-order valence-electron chi connectivity index (χ2n) is 1.61. The maximum absolute atomic E-state index is 3.63. The molecule has 0 amide bonds. The van der Waals surface area contributed by atoms with Crippen molar-refractivity contribution in [3.05, 3.63) is 42.5 Å². The summed E-state index contributed by atoms with van der Waals surface area (Å²) in [4.78, 5) is 0. The van der Waals surface area contributed by atoms with Crippen LogP contribution in [-0.4, -0.2) is 18.9 Å². The molecule has 1 aromatic carbocycles. The van der Waals surface area contributed by atoms with Crippen molar-refractivity contribution in [2.24, 2.45) is 0 Å². The first kappa shape index (κ1) is 8.56. The van der Waals surface area contributed by atoms with E-state index in [-0.39, 0.29) is 18.9 Å². The Morgan fingerprint density at radius 3 is 2.00 bits per heavy atom. The quantitative estimate of drug-likeness (QED) is 0.486. The molecule has 0 bridgehead atoms. The smallest absolute Gasteiger partial charge is 0 e. The molecule has 1 aromatic rings. The topological polar surface area (TPSA) is 0 Å². The van der Waals surface area contributed by atoms with E-state index in [1.165, 1.54) is 5.56 Å². The number of benzene rings is 1. The molecule has 41 valence electrons. The van der Waals surface area contributed by atoms with Gasteiger partial charge in [0.25, 0.3) is 0 Å². The Morgan fingerprint density at radius 2 is 1.67 bits per heavy atom. The predicted octanol–water partition coefficient (Wildman–Crippen LogP) is 1.95. The summed E-state index contributed by atoms with van der Waals surface area (Å²) in [6.07, 6.45) is 1.83.